The van der Waals surface area contributed by atoms with Crippen LogP contribution in [0.2, 0.25) is 0 Å². The van der Waals surface area contributed by atoms with E-state index in [1.54, 1.807) is 0 Å². The van der Waals surface area contributed by atoms with Crippen molar-refractivity contribution < 1.29 is 13.2 Å². The lowest BCUT2D eigenvalue weighted by Gasteiger charge is -2.41. The van der Waals surface area contributed by atoms with E-state index in [9.17, 15) is 13.2 Å². The molecule has 0 aromatic carbocycles. The molecule has 2 fully saturated rings. The van der Waals surface area contributed by atoms with E-state index in [0.717, 1.165) is 50.9 Å². The van der Waals surface area contributed by atoms with Gasteiger partial charge < -0.3 is 9.80 Å². The predicted molar refractivity (Wildman–Crippen MR) is 102 cm³/mol. The first kappa shape index (κ1) is 20.4. The van der Waals surface area contributed by atoms with Gasteiger partial charge in [0.05, 0.1) is 5.56 Å². The van der Waals surface area contributed by atoms with Crippen molar-refractivity contribution in [2.75, 3.05) is 50.7 Å². The second kappa shape index (κ2) is 8.78. The third-order valence-corrected chi connectivity index (χ3v) is 6.05. The minimum absolute atomic E-state index is 0.642. The van der Waals surface area contributed by atoms with Gasteiger partial charge in [-0.05, 0) is 50.8 Å². The predicted octanol–water partition coefficient (Wildman–Crippen LogP) is 3.73. The molecule has 0 amide bonds. The van der Waals surface area contributed by atoms with Gasteiger partial charge in [0.25, 0.3) is 0 Å². The van der Waals surface area contributed by atoms with E-state index in [0.29, 0.717) is 11.9 Å². The first-order valence-corrected chi connectivity index (χ1v) is 10.1. The van der Waals surface area contributed by atoms with Crippen LogP contribution in [0.25, 0.3) is 0 Å². The minimum Gasteiger partial charge on any atom is -0.354 e. The molecule has 3 rings (SSSR count). The van der Waals surface area contributed by atoms with E-state index in [1.807, 2.05) is 0 Å². The Morgan fingerprint density at radius 3 is 2.48 bits per heavy atom. The highest BCUT2D eigenvalue weighted by atomic mass is 19.4. The van der Waals surface area contributed by atoms with Gasteiger partial charge in [0, 0.05) is 51.5 Å². The van der Waals surface area contributed by atoms with Gasteiger partial charge in [-0.15, -0.1) is 0 Å². The molecule has 152 valence electrons. The molecule has 0 spiro atoms. The van der Waals surface area contributed by atoms with E-state index in [1.165, 1.54) is 38.4 Å². The molecule has 2 saturated heterocycles. The first-order valence-electron chi connectivity index (χ1n) is 10.1. The summed E-state index contributed by atoms with van der Waals surface area (Å²) in [5.74, 6) is 1.37. The van der Waals surface area contributed by atoms with Crippen molar-refractivity contribution in [2.45, 2.75) is 45.3 Å². The third-order valence-electron chi connectivity index (χ3n) is 6.05. The maximum Gasteiger partial charge on any atom is 0.417 e. The molecule has 2 unspecified atom stereocenters. The van der Waals surface area contributed by atoms with Crippen LogP contribution in [0.1, 0.15) is 38.7 Å². The van der Waals surface area contributed by atoms with Gasteiger partial charge in [0.2, 0.25) is 0 Å². The third kappa shape index (κ3) is 5.35. The van der Waals surface area contributed by atoms with Gasteiger partial charge in [0.1, 0.15) is 5.82 Å². The van der Waals surface area contributed by atoms with Gasteiger partial charge in [-0.2, -0.15) is 13.2 Å². The van der Waals surface area contributed by atoms with Crippen molar-refractivity contribution >= 4 is 5.82 Å². The van der Waals surface area contributed by atoms with Crippen LogP contribution in [0, 0.1) is 5.92 Å². The van der Waals surface area contributed by atoms with E-state index >= 15 is 0 Å². The molecule has 2 aliphatic heterocycles. The summed E-state index contributed by atoms with van der Waals surface area (Å²) in [5.41, 5.74) is -0.687. The van der Waals surface area contributed by atoms with E-state index in [4.69, 9.17) is 0 Å². The molecule has 0 radical (unpaired) electrons. The van der Waals surface area contributed by atoms with Gasteiger partial charge >= 0.3 is 6.18 Å². The van der Waals surface area contributed by atoms with Crippen LogP contribution < -0.4 is 4.90 Å². The highest BCUT2D eigenvalue weighted by molar-refractivity contribution is 5.40. The van der Waals surface area contributed by atoms with Crippen molar-refractivity contribution in [3.8, 4) is 0 Å². The van der Waals surface area contributed by atoms with Crippen LogP contribution in [-0.2, 0) is 6.18 Å². The van der Waals surface area contributed by atoms with E-state index in [2.05, 4.69) is 33.5 Å². The Morgan fingerprint density at radius 1 is 1.15 bits per heavy atom. The first-order chi connectivity index (χ1) is 12.9. The molecular weight excluding hydrogens is 353 g/mol. The Morgan fingerprint density at radius 2 is 1.89 bits per heavy atom. The van der Waals surface area contributed by atoms with Crippen LogP contribution in [0.5, 0.6) is 0 Å². The number of alkyl halides is 3. The Hall–Kier alpha value is -1.34. The Labute approximate surface area is 160 Å². The second-order valence-electron chi connectivity index (χ2n) is 7.95. The number of piperazine rings is 1. The van der Waals surface area contributed by atoms with Crippen LogP contribution in [0.15, 0.2) is 18.3 Å². The van der Waals surface area contributed by atoms with Crippen molar-refractivity contribution in [1.82, 2.24) is 14.8 Å². The summed E-state index contributed by atoms with van der Waals surface area (Å²) in [7, 11) is 0. The second-order valence-corrected chi connectivity index (χ2v) is 7.95. The molecule has 27 heavy (non-hydrogen) atoms. The molecule has 0 bridgehead atoms. The van der Waals surface area contributed by atoms with Crippen LogP contribution >= 0.6 is 0 Å². The number of nitrogens with zero attached hydrogens (tertiary/aromatic N) is 4. The molecule has 4 nitrogen and oxygen atoms in total. The molecule has 1 aromatic rings. The number of aromatic nitrogens is 1. The number of hydrogen-bond donors (Lipinski definition) is 0. The maximum atomic E-state index is 12.7. The van der Waals surface area contributed by atoms with Gasteiger partial charge in [-0.25, -0.2) is 4.98 Å². The molecule has 1 aromatic heterocycles. The smallest absolute Gasteiger partial charge is 0.354 e. The number of rotatable bonds is 5. The van der Waals surface area contributed by atoms with E-state index in [-0.39, 0.29) is 0 Å². The molecule has 0 saturated carbocycles. The molecule has 7 heteroatoms. The number of pyridine rings is 1. The zero-order chi connectivity index (χ0) is 19.4. The fourth-order valence-corrected chi connectivity index (χ4v) is 4.17. The average Bonchev–Trinajstić information content (AvgIpc) is 2.67. The average molecular weight is 384 g/mol. The minimum atomic E-state index is -4.33. The van der Waals surface area contributed by atoms with Gasteiger partial charge in [-0.1, -0.05) is 6.92 Å². The van der Waals surface area contributed by atoms with Crippen LogP contribution in [-0.4, -0.2) is 66.6 Å². The zero-order valence-electron chi connectivity index (χ0n) is 16.4. The Bertz CT molecular complexity index is 582. The largest absolute Gasteiger partial charge is 0.417 e. The number of anilines is 1. The summed E-state index contributed by atoms with van der Waals surface area (Å²) in [6.45, 7) is 11.6. The van der Waals surface area contributed by atoms with Crippen molar-refractivity contribution in [3.63, 3.8) is 0 Å². The maximum absolute atomic E-state index is 12.7. The summed E-state index contributed by atoms with van der Waals surface area (Å²) in [6.07, 6.45) is 0.393. The summed E-state index contributed by atoms with van der Waals surface area (Å²) in [5, 5.41) is 0. The van der Waals surface area contributed by atoms with Gasteiger partial charge in [0.15, 0.2) is 0 Å². The Balaban J connectivity index is 1.47. The lowest BCUT2D eigenvalue weighted by Crippen LogP contribution is -2.50. The van der Waals surface area contributed by atoms with Gasteiger partial charge in [-0.3, -0.25) is 4.90 Å². The fraction of sp³-hybridized carbons (Fsp3) is 0.750. The highest BCUT2D eigenvalue weighted by Gasteiger charge is 2.31. The summed E-state index contributed by atoms with van der Waals surface area (Å²) in [6, 6.07) is 3.28. The lowest BCUT2D eigenvalue weighted by atomic mass is 9.95. The number of halogens is 3. The lowest BCUT2D eigenvalue weighted by molar-refractivity contribution is -0.137. The highest BCUT2D eigenvalue weighted by Crippen LogP contribution is 2.29. The fourth-order valence-electron chi connectivity index (χ4n) is 4.17. The zero-order valence-corrected chi connectivity index (χ0v) is 16.4. The Kier molecular flexibility index (Phi) is 6.63. The van der Waals surface area contributed by atoms with Crippen molar-refractivity contribution in [2.24, 2.45) is 5.92 Å². The van der Waals surface area contributed by atoms with Crippen molar-refractivity contribution in [1.29, 1.82) is 0 Å². The number of likely N-dealkylation sites (tertiary alicyclic amines) is 1. The topological polar surface area (TPSA) is 22.6 Å². The molecule has 3 heterocycles. The number of piperidine rings is 1. The normalized spacial score (nSPS) is 24.2. The standard InChI is InChI=1S/C20H31F3N4/c1-3-16(2)27-8-4-5-17(15-27)14-25-9-11-26(12-10-25)19-7-6-18(13-24-19)20(21,22)23/h6-7,13,16-17H,3-5,8-12,14-15H2,1-2H3. The van der Waals surface area contributed by atoms with Crippen LogP contribution in [0.4, 0.5) is 19.0 Å². The summed E-state index contributed by atoms with van der Waals surface area (Å²) in [4.78, 5) is 11.2. The summed E-state index contributed by atoms with van der Waals surface area (Å²) >= 11 is 0. The molecule has 2 atom stereocenters. The molecule has 0 aliphatic carbocycles. The number of hydrogen-bond acceptors (Lipinski definition) is 4. The molecular formula is C20H31F3N4. The SMILES string of the molecule is CCC(C)N1CCCC(CN2CCN(c3ccc(C(F)(F)F)cn3)CC2)C1. The monoisotopic (exact) mass is 384 g/mol. The van der Waals surface area contributed by atoms with Crippen molar-refractivity contribution in [3.05, 3.63) is 23.9 Å². The van der Waals surface area contributed by atoms with E-state index < -0.39 is 11.7 Å². The molecule has 0 N–H and O–H groups in total. The quantitative estimate of drug-likeness (QED) is 0.771. The van der Waals surface area contributed by atoms with Crippen LogP contribution in [0.3, 0.4) is 0 Å². The molecule has 2 aliphatic rings. The summed E-state index contributed by atoms with van der Waals surface area (Å²) < 4.78 is 38.0.